The van der Waals surface area contributed by atoms with Crippen molar-refractivity contribution in [2.75, 3.05) is 63.1 Å². The highest BCUT2D eigenvalue weighted by molar-refractivity contribution is 5.78. The molecule has 182 valence electrons. The third-order valence-electron chi connectivity index (χ3n) is 6.66. The van der Waals surface area contributed by atoms with Crippen LogP contribution in [0, 0.1) is 0 Å². The molecule has 0 atom stereocenters. The molecule has 0 radical (unpaired) electrons. The Morgan fingerprint density at radius 1 is 0.857 bits per heavy atom. The van der Waals surface area contributed by atoms with Gasteiger partial charge in [-0.05, 0) is 53.9 Å². The van der Waals surface area contributed by atoms with Gasteiger partial charge in [0, 0.05) is 76.5 Å². The Morgan fingerprint density at radius 3 is 2.49 bits per heavy atom. The molecule has 0 saturated carbocycles. The molecule has 7 heterocycles. The maximum Gasteiger partial charge on any atom is 0.234 e. The van der Waals surface area contributed by atoms with Crippen LogP contribution in [0.1, 0.15) is 12.0 Å². The first-order valence-electron chi connectivity index (χ1n) is 12.3. The summed E-state index contributed by atoms with van der Waals surface area (Å²) in [5.41, 5.74) is 4.40. The van der Waals surface area contributed by atoms with Gasteiger partial charge in [-0.25, -0.2) is 9.97 Å². The second-order valence-electron chi connectivity index (χ2n) is 9.34. The van der Waals surface area contributed by atoms with Gasteiger partial charge >= 0.3 is 0 Å². The number of carbonyl (C=O) groups excluding carboxylic acids is 1. The summed E-state index contributed by atoms with van der Waals surface area (Å²) < 4.78 is 0. The van der Waals surface area contributed by atoms with Crippen molar-refractivity contribution in [3.05, 3.63) is 66.5 Å². The lowest BCUT2D eigenvalue weighted by Gasteiger charge is -2.34. The maximum absolute atomic E-state index is 12.4. The molecule has 1 aromatic carbocycles. The Morgan fingerprint density at radius 2 is 1.69 bits per heavy atom. The quantitative estimate of drug-likeness (QED) is 0.522. The molecule has 3 aromatic rings. The lowest BCUT2D eigenvalue weighted by molar-refractivity contribution is -0.122. The smallest absolute Gasteiger partial charge is 0.234 e. The second-order valence-corrected chi connectivity index (χ2v) is 9.34. The Labute approximate surface area is 207 Å². The number of anilines is 3. The lowest BCUT2D eigenvalue weighted by Crippen LogP contribution is -2.49. The molecule has 35 heavy (non-hydrogen) atoms. The van der Waals surface area contributed by atoms with Crippen LogP contribution in [0.25, 0.3) is 11.1 Å². The first-order valence-corrected chi connectivity index (χ1v) is 12.3. The van der Waals surface area contributed by atoms with Crippen LogP contribution in [-0.2, 0) is 11.3 Å². The summed E-state index contributed by atoms with van der Waals surface area (Å²) in [5, 5.41) is 6.54. The van der Waals surface area contributed by atoms with E-state index in [1.807, 2.05) is 31.6 Å². The molecule has 5 aliphatic heterocycles. The topological polar surface area (TPSA) is 76.6 Å². The first kappa shape index (κ1) is 23.3. The second kappa shape index (κ2) is 10.8. The molecule has 8 nitrogen and oxygen atoms in total. The number of hydrogen-bond donors (Lipinski definition) is 2. The molecule has 0 aliphatic carbocycles. The highest BCUT2D eigenvalue weighted by Gasteiger charge is 2.19. The van der Waals surface area contributed by atoms with Crippen LogP contribution in [-0.4, -0.2) is 78.5 Å². The van der Waals surface area contributed by atoms with Gasteiger partial charge in [0.25, 0.3) is 0 Å². The predicted molar refractivity (Wildman–Crippen MR) is 140 cm³/mol. The summed E-state index contributed by atoms with van der Waals surface area (Å²) in [4.78, 5) is 28.4. The first-order chi connectivity index (χ1) is 17.1. The lowest BCUT2D eigenvalue weighted by atomic mass is 10.1. The van der Waals surface area contributed by atoms with E-state index in [1.54, 1.807) is 0 Å². The molecule has 2 aromatic heterocycles. The molecule has 8 bridgehead atoms. The average Bonchev–Trinajstić information content (AvgIpc) is 2.88. The SMILES string of the molecule is CN1CCCNC(=O)CN2CCN(CC2)Cc2cccc(c2)Nc2cc(ccn2)-c2ccc1nc2. The van der Waals surface area contributed by atoms with Gasteiger partial charge in [-0.2, -0.15) is 0 Å². The van der Waals surface area contributed by atoms with Crippen molar-refractivity contribution in [1.29, 1.82) is 0 Å². The van der Waals surface area contributed by atoms with E-state index in [2.05, 4.69) is 71.7 Å². The fourth-order valence-electron chi connectivity index (χ4n) is 4.64. The molecule has 8 rings (SSSR count). The van der Waals surface area contributed by atoms with Crippen molar-refractivity contribution >= 4 is 23.2 Å². The molecule has 5 aliphatic rings. The van der Waals surface area contributed by atoms with Crippen LogP contribution >= 0.6 is 0 Å². The summed E-state index contributed by atoms with van der Waals surface area (Å²) in [6, 6.07) is 16.7. The normalized spacial score (nSPS) is 21.3. The van der Waals surface area contributed by atoms with E-state index >= 15 is 0 Å². The molecular weight excluding hydrogens is 438 g/mol. The van der Waals surface area contributed by atoms with Crippen LogP contribution in [0.4, 0.5) is 17.3 Å². The van der Waals surface area contributed by atoms with Crippen LogP contribution in [0.2, 0.25) is 0 Å². The van der Waals surface area contributed by atoms with Crippen molar-refractivity contribution in [2.24, 2.45) is 0 Å². The third kappa shape index (κ3) is 6.15. The Balaban J connectivity index is 1.37. The number of carbonyl (C=O) groups is 1. The van der Waals surface area contributed by atoms with Crippen LogP contribution in [0.3, 0.4) is 0 Å². The number of rotatable bonds is 0. The largest absolute Gasteiger partial charge is 0.360 e. The van der Waals surface area contributed by atoms with Gasteiger partial charge in [0.1, 0.15) is 11.6 Å². The number of nitrogens with one attached hydrogen (secondary N) is 2. The Kier molecular flexibility index (Phi) is 7.20. The van der Waals surface area contributed by atoms with Gasteiger partial charge in [-0.1, -0.05) is 12.1 Å². The van der Waals surface area contributed by atoms with E-state index in [0.29, 0.717) is 13.1 Å². The molecule has 0 spiro atoms. The average molecular weight is 472 g/mol. The number of aromatic nitrogens is 2. The van der Waals surface area contributed by atoms with Gasteiger partial charge < -0.3 is 15.5 Å². The number of hydrogen-bond acceptors (Lipinski definition) is 7. The number of benzene rings is 1. The molecule has 1 saturated heterocycles. The van der Waals surface area contributed by atoms with Crippen molar-refractivity contribution in [3.63, 3.8) is 0 Å². The predicted octanol–water partition coefficient (Wildman–Crippen LogP) is 2.96. The summed E-state index contributed by atoms with van der Waals surface area (Å²) in [7, 11) is 2.04. The Bertz CT molecular complexity index is 1140. The minimum atomic E-state index is 0.108. The van der Waals surface area contributed by atoms with E-state index in [1.165, 1.54) is 5.56 Å². The van der Waals surface area contributed by atoms with E-state index in [0.717, 1.165) is 74.1 Å². The summed E-state index contributed by atoms with van der Waals surface area (Å²) in [5.74, 6) is 1.83. The summed E-state index contributed by atoms with van der Waals surface area (Å²) >= 11 is 0. The van der Waals surface area contributed by atoms with E-state index in [9.17, 15) is 4.79 Å². The van der Waals surface area contributed by atoms with E-state index < -0.39 is 0 Å². The molecule has 2 N–H and O–H groups in total. The van der Waals surface area contributed by atoms with Crippen molar-refractivity contribution in [3.8, 4) is 11.1 Å². The fourth-order valence-corrected chi connectivity index (χ4v) is 4.64. The van der Waals surface area contributed by atoms with Gasteiger partial charge in [0.2, 0.25) is 5.91 Å². The van der Waals surface area contributed by atoms with Gasteiger partial charge in [-0.15, -0.1) is 0 Å². The molecule has 8 heteroatoms. The van der Waals surface area contributed by atoms with Gasteiger partial charge in [-0.3, -0.25) is 14.6 Å². The van der Waals surface area contributed by atoms with Crippen LogP contribution < -0.4 is 15.5 Å². The molecule has 0 unspecified atom stereocenters. The summed E-state index contributed by atoms with van der Waals surface area (Å²) in [6.45, 7) is 6.61. The van der Waals surface area contributed by atoms with E-state index in [4.69, 9.17) is 0 Å². The van der Waals surface area contributed by atoms with Crippen LogP contribution in [0.5, 0.6) is 0 Å². The molecule has 1 fully saturated rings. The highest BCUT2D eigenvalue weighted by Crippen LogP contribution is 2.25. The van der Waals surface area contributed by atoms with E-state index in [-0.39, 0.29) is 5.91 Å². The standard InChI is InChI=1S/C27H33N7O/c1-32-11-3-9-29-27(35)20-34-14-12-33(13-15-34)19-21-4-2-5-24(16-21)31-25-17-22(8-10-28-25)23-6-7-26(32)30-18-23/h2,4-8,10,16-18H,3,9,11-15,19-20H2,1H3,(H,28,31)(H,29,35). The molecule has 1 amide bonds. The highest BCUT2D eigenvalue weighted by atomic mass is 16.2. The minimum Gasteiger partial charge on any atom is -0.360 e. The van der Waals surface area contributed by atoms with Crippen molar-refractivity contribution in [1.82, 2.24) is 25.1 Å². The zero-order valence-corrected chi connectivity index (χ0v) is 20.3. The van der Waals surface area contributed by atoms with Crippen molar-refractivity contribution < 1.29 is 4.79 Å². The van der Waals surface area contributed by atoms with Crippen LogP contribution in [0.15, 0.2) is 60.9 Å². The molecular formula is C27H33N7O. The number of amides is 1. The van der Waals surface area contributed by atoms with Crippen molar-refractivity contribution in [2.45, 2.75) is 13.0 Å². The van der Waals surface area contributed by atoms with Gasteiger partial charge in [0.15, 0.2) is 0 Å². The Hall–Kier alpha value is -3.49. The maximum atomic E-state index is 12.4. The summed E-state index contributed by atoms with van der Waals surface area (Å²) in [6.07, 6.45) is 4.61. The zero-order chi connectivity index (χ0) is 24.0. The number of nitrogens with zero attached hydrogens (tertiary/aromatic N) is 5. The minimum absolute atomic E-state index is 0.108. The fraction of sp³-hybridized carbons (Fsp3) is 0.370. The monoisotopic (exact) mass is 471 g/mol. The zero-order valence-electron chi connectivity index (χ0n) is 20.3. The van der Waals surface area contributed by atoms with Gasteiger partial charge in [0.05, 0.1) is 6.54 Å². The third-order valence-corrected chi connectivity index (χ3v) is 6.66. The number of piperazine rings is 1. The number of pyridine rings is 2.